The van der Waals surface area contributed by atoms with E-state index in [2.05, 4.69) is 10.1 Å². The molecule has 0 heterocycles. The molecule has 0 aromatic rings. The second-order valence-electron chi connectivity index (χ2n) is 3.22. The van der Waals surface area contributed by atoms with Crippen LogP contribution in [0.15, 0.2) is 0 Å². The highest BCUT2D eigenvalue weighted by atomic mass is 19.4. The van der Waals surface area contributed by atoms with Gasteiger partial charge in [0.1, 0.15) is 6.61 Å². The standard InChI is InChI=1S/C8H17F3N2O/c1-13(2)5-3-12-4-6-14-7-8(9,10)11/h12H,3-7H2,1-2H3. The molecule has 0 saturated heterocycles. The van der Waals surface area contributed by atoms with Crippen molar-refractivity contribution < 1.29 is 17.9 Å². The zero-order valence-corrected chi connectivity index (χ0v) is 8.52. The molecule has 0 amide bonds. The molecule has 0 aromatic heterocycles. The number of hydrogen-bond acceptors (Lipinski definition) is 3. The number of likely N-dealkylation sites (N-methyl/N-ethyl adjacent to an activating group) is 1. The van der Waals surface area contributed by atoms with Crippen LogP contribution in [0.3, 0.4) is 0 Å². The molecule has 0 aliphatic heterocycles. The molecule has 1 N–H and O–H groups in total. The van der Waals surface area contributed by atoms with Crippen molar-refractivity contribution in [1.82, 2.24) is 10.2 Å². The summed E-state index contributed by atoms with van der Waals surface area (Å²) in [4.78, 5) is 1.99. The fourth-order valence-electron chi connectivity index (χ4n) is 0.760. The van der Waals surface area contributed by atoms with Gasteiger partial charge in [-0.2, -0.15) is 13.2 Å². The van der Waals surface area contributed by atoms with Crippen LogP contribution in [0.25, 0.3) is 0 Å². The van der Waals surface area contributed by atoms with Crippen molar-refractivity contribution in [3.63, 3.8) is 0 Å². The molecule has 3 nitrogen and oxygen atoms in total. The van der Waals surface area contributed by atoms with E-state index in [1.54, 1.807) is 0 Å². The Morgan fingerprint density at radius 2 is 1.86 bits per heavy atom. The van der Waals surface area contributed by atoms with Crippen molar-refractivity contribution in [3.8, 4) is 0 Å². The van der Waals surface area contributed by atoms with Crippen molar-refractivity contribution in [3.05, 3.63) is 0 Å². The van der Waals surface area contributed by atoms with E-state index in [9.17, 15) is 13.2 Å². The number of nitrogens with zero attached hydrogens (tertiary/aromatic N) is 1. The molecule has 0 fully saturated rings. The van der Waals surface area contributed by atoms with Crippen molar-refractivity contribution >= 4 is 0 Å². The highest BCUT2D eigenvalue weighted by Crippen LogP contribution is 2.13. The lowest BCUT2D eigenvalue weighted by molar-refractivity contribution is -0.173. The Balaban J connectivity index is 3.07. The molecule has 0 radical (unpaired) electrons. The van der Waals surface area contributed by atoms with Gasteiger partial charge in [0, 0.05) is 19.6 Å². The maximum atomic E-state index is 11.6. The van der Waals surface area contributed by atoms with Crippen LogP contribution in [0.1, 0.15) is 0 Å². The molecule has 0 aromatic carbocycles. The Hall–Kier alpha value is -0.330. The topological polar surface area (TPSA) is 24.5 Å². The highest BCUT2D eigenvalue weighted by Gasteiger charge is 2.27. The molecule has 0 aliphatic rings. The minimum atomic E-state index is -4.22. The summed E-state index contributed by atoms with van der Waals surface area (Å²) < 4.78 is 39.2. The Morgan fingerprint density at radius 3 is 2.36 bits per heavy atom. The number of hydrogen-bond donors (Lipinski definition) is 1. The number of halogens is 3. The smallest absolute Gasteiger partial charge is 0.371 e. The average Bonchev–Trinajstić information content (AvgIpc) is 2.00. The van der Waals surface area contributed by atoms with Crippen LogP contribution < -0.4 is 5.32 Å². The maximum absolute atomic E-state index is 11.6. The second-order valence-corrected chi connectivity index (χ2v) is 3.22. The van der Waals surface area contributed by atoms with E-state index in [0.29, 0.717) is 6.54 Å². The Bertz CT molecular complexity index is 139. The lowest BCUT2D eigenvalue weighted by atomic mass is 10.5. The van der Waals surface area contributed by atoms with Gasteiger partial charge in [0.15, 0.2) is 0 Å². The van der Waals surface area contributed by atoms with E-state index in [0.717, 1.165) is 13.1 Å². The van der Waals surface area contributed by atoms with Gasteiger partial charge in [-0.05, 0) is 14.1 Å². The van der Waals surface area contributed by atoms with Gasteiger partial charge in [0.2, 0.25) is 0 Å². The van der Waals surface area contributed by atoms with E-state index in [4.69, 9.17) is 0 Å². The van der Waals surface area contributed by atoms with Crippen LogP contribution in [0.5, 0.6) is 0 Å². The molecule has 6 heteroatoms. The average molecular weight is 214 g/mol. The molecular weight excluding hydrogens is 197 g/mol. The first-order valence-electron chi connectivity index (χ1n) is 4.42. The Morgan fingerprint density at radius 1 is 1.21 bits per heavy atom. The van der Waals surface area contributed by atoms with Gasteiger partial charge < -0.3 is 15.0 Å². The predicted octanol–water partition coefficient (Wildman–Crippen LogP) is 0.716. The summed E-state index contributed by atoms with van der Waals surface area (Å²) in [5.41, 5.74) is 0. The van der Waals surface area contributed by atoms with Crippen LogP contribution in [0.2, 0.25) is 0 Å². The molecular formula is C8H17F3N2O. The molecule has 0 saturated carbocycles. The summed E-state index contributed by atoms with van der Waals surface area (Å²) >= 11 is 0. The van der Waals surface area contributed by atoms with Crippen molar-refractivity contribution in [2.24, 2.45) is 0 Å². The van der Waals surface area contributed by atoms with E-state index in [-0.39, 0.29) is 6.61 Å². The molecule has 0 unspecified atom stereocenters. The fraction of sp³-hybridized carbons (Fsp3) is 1.00. The Labute approximate surface area is 82.2 Å². The van der Waals surface area contributed by atoms with Crippen LogP contribution in [0.4, 0.5) is 13.2 Å². The molecule has 86 valence electrons. The van der Waals surface area contributed by atoms with E-state index in [1.807, 2.05) is 19.0 Å². The Kier molecular flexibility index (Phi) is 6.86. The van der Waals surface area contributed by atoms with Crippen molar-refractivity contribution in [2.45, 2.75) is 6.18 Å². The summed E-state index contributed by atoms with van der Waals surface area (Å²) in [6, 6.07) is 0. The van der Waals surface area contributed by atoms with Gasteiger partial charge in [0.05, 0.1) is 6.61 Å². The number of alkyl halides is 3. The third kappa shape index (κ3) is 11.7. The van der Waals surface area contributed by atoms with Crippen LogP contribution in [-0.4, -0.2) is 58.0 Å². The molecule has 0 atom stereocenters. The molecule has 14 heavy (non-hydrogen) atoms. The molecule has 0 spiro atoms. The summed E-state index contributed by atoms with van der Waals surface area (Å²) in [6.45, 7) is 0.987. The zero-order valence-electron chi connectivity index (χ0n) is 8.52. The SMILES string of the molecule is CN(C)CCNCCOCC(F)(F)F. The molecule has 0 rings (SSSR count). The third-order valence-electron chi connectivity index (χ3n) is 1.42. The monoisotopic (exact) mass is 214 g/mol. The van der Waals surface area contributed by atoms with E-state index >= 15 is 0 Å². The molecule has 0 bridgehead atoms. The second kappa shape index (κ2) is 7.03. The van der Waals surface area contributed by atoms with Gasteiger partial charge in [0.25, 0.3) is 0 Å². The minimum absolute atomic E-state index is 0.0902. The normalized spacial score (nSPS) is 12.4. The van der Waals surface area contributed by atoms with Gasteiger partial charge in [-0.3, -0.25) is 0 Å². The first-order chi connectivity index (χ1) is 6.42. The van der Waals surface area contributed by atoms with Gasteiger partial charge in [-0.15, -0.1) is 0 Å². The summed E-state index contributed by atoms with van der Waals surface area (Å²) in [7, 11) is 3.86. The lowest BCUT2D eigenvalue weighted by Crippen LogP contribution is -2.29. The maximum Gasteiger partial charge on any atom is 0.411 e. The summed E-state index contributed by atoms with van der Waals surface area (Å²) in [5, 5.41) is 2.97. The molecule has 0 aliphatic carbocycles. The van der Waals surface area contributed by atoms with Crippen molar-refractivity contribution in [2.75, 3.05) is 46.9 Å². The zero-order chi connectivity index (χ0) is 11.0. The van der Waals surface area contributed by atoms with Crippen LogP contribution in [0, 0.1) is 0 Å². The number of rotatable bonds is 7. The fourth-order valence-corrected chi connectivity index (χ4v) is 0.760. The largest absolute Gasteiger partial charge is 0.411 e. The van der Waals surface area contributed by atoms with Crippen molar-refractivity contribution in [1.29, 1.82) is 0 Å². The summed E-state index contributed by atoms with van der Waals surface area (Å²) in [5.74, 6) is 0. The van der Waals surface area contributed by atoms with E-state index < -0.39 is 12.8 Å². The first-order valence-corrected chi connectivity index (χ1v) is 4.42. The van der Waals surface area contributed by atoms with Crippen LogP contribution >= 0.6 is 0 Å². The van der Waals surface area contributed by atoms with E-state index in [1.165, 1.54) is 0 Å². The number of ether oxygens (including phenoxy) is 1. The van der Waals surface area contributed by atoms with Gasteiger partial charge in [-0.1, -0.05) is 0 Å². The highest BCUT2D eigenvalue weighted by molar-refractivity contribution is 4.51. The van der Waals surface area contributed by atoms with Crippen LogP contribution in [-0.2, 0) is 4.74 Å². The predicted molar refractivity (Wildman–Crippen MR) is 48.3 cm³/mol. The van der Waals surface area contributed by atoms with Gasteiger partial charge in [-0.25, -0.2) is 0 Å². The first kappa shape index (κ1) is 13.7. The minimum Gasteiger partial charge on any atom is -0.371 e. The number of nitrogens with one attached hydrogen (secondary N) is 1. The van der Waals surface area contributed by atoms with Gasteiger partial charge >= 0.3 is 6.18 Å². The summed E-state index contributed by atoms with van der Waals surface area (Å²) in [6.07, 6.45) is -4.22. The lowest BCUT2D eigenvalue weighted by Gasteiger charge is -2.11. The quantitative estimate of drug-likeness (QED) is 0.632. The third-order valence-corrected chi connectivity index (χ3v) is 1.42.